The lowest BCUT2D eigenvalue weighted by Gasteiger charge is -2.36. The van der Waals surface area contributed by atoms with Crippen LogP contribution in [0.2, 0.25) is 0 Å². The Morgan fingerprint density at radius 2 is 2.26 bits per heavy atom. The number of fused-ring (bicyclic) bond motifs is 4. The highest BCUT2D eigenvalue weighted by Gasteiger charge is 2.49. The van der Waals surface area contributed by atoms with Gasteiger partial charge in [-0.3, -0.25) is 14.1 Å². The summed E-state index contributed by atoms with van der Waals surface area (Å²) < 4.78 is 12.9. The number of β-lactam (4-membered cyclic amide) rings is 1. The molecular weight excluding hydrogens is 390 g/mol. The molecule has 1 aromatic carbocycles. The normalized spacial score (nSPS) is 20.1. The fourth-order valence-electron chi connectivity index (χ4n) is 3.10. The molecule has 3 aromatic rings. The van der Waals surface area contributed by atoms with E-state index < -0.39 is 6.16 Å². The van der Waals surface area contributed by atoms with E-state index in [1.807, 2.05) is 28.8 Å². The van der Waals surface area contributed by atoms with Gasteiger partial charge in [0, 0.05) is 11.6 Å². The minimum absolute atomic E-state index is 0.0467. The number of hydrogen-bond acceptors (Lipinski definition) is 7. The molecule has 0 bridgehead atoms. The van der Waals surface area contributed by atoms with Gasteiger partial charge in [0.2, 0.25) is 5.88 Å². The fraction of sp³-hybridized carbons (Fsp3) is 0.118. The highest BCUT2D eigenvalue weighted by molar-refractivity contribution is 8.03. The van der Waals surface area contributed by atoms with Crippen molar-refractivity contribution >= 4 is 56.4 Å². The van der Waals surface area contributed by atoms with Gasteiger partial charge < -0.3 is 14.6 Å². The molecule has 0 radical (unpaired) electrons. The Morgan fingerprint density at radius 1 is 1.41 bits per heavy atom. The molecule has 1 N–H and O–H groups in total. The molecule has 0 unspecified atom stereocenters. The zero-order valence-corrected chi connectivity index (χ0v) is 15.4. The summed E-state index contributed by atoms with van der Waals surface area (Å²) in [7, 11) is 1.63. The third-order valence-electron chi connectivity index (χ3n) is 4.32. The molecule has 1 fully saturated rings. The molecule has 1 amide bonds. The van der Waals surface area contributed by atoms with Crippen LogP contribution in [-0.4, -0.2) is 43.9 Å². The molecule has 0 saturated carbocycles. The van der Waals surface area contributed by atoms with E-state index in [0.29, 0.717) is 11.3 Å². The van der Waals surface area contributed by atoms with Crippen LogP contribution >= 0.6 is 23.1 Å². The molecular formula is C17H11N3O5S2. The molecule has 27 heavy (non-hydrogen) atoms. The molecule has 0 aliphatic carbocycles. The molecule has 5 rings (SSSR count). The number of imidazole rings is 1. The highest BCUT2D eigenvalue weighted by atomic mass is 32.2. The largest absolute Gasteiger partial charge is 0.512 e. The molecule has 8 nitrogen and oxygen atoms in total. The van der Waals surface area contributed by atoms with E-state index >= 15 is 0 Å². The quantitative estimate of drug-likeness (QED) is 0.409. The van der Waals surface area contributed by atoms with Crippen molar-refractivity contribution in [3.05, 3.63) is 47.0 Å². The fourth-order valence-corrected chi connectivity index (χ4v) is 5.19. The molecule has 2 aliphatic rings. The molecule has 10 heteroatoms. The van der Waals surface area contributed by atoms with Crippen molar-refractivity contribution < 1.29 is 24.2 Å². The maximum atomic E-state index is 12.4. The van der Waals surface area contributed by atoms with Crippen LogP contribution in [0.5, 0.6) is 5.75 Å². The Hall–Kier alpha value is -2.98. The number of ether oxygens (including phenoxy) is 2. The number of carbonyl (C=O) groups excluding carboxylic acids is 1. The molecule has 2 aromatic heterocycles. The highest BCUT2D eigenvalue weighted by Crippen LogP contribution is 2.45. The van der Waals surface area contributed by atoms with Gasteiger partial charge in [-0.1, -0.05) is 23.1 Å². The first-order valence-corrected chi connectivity index (χ1v) is 9.58. The smallest absolute Gasteiger partial charge is 0.497 e. The second kappa shape index (κ2) is 5.76. The Bertz CT molecular complexity index is 1190. The van der Waals surface area contributed by atoms with Crippen LogP contribution in [0.1, 0.15) is 5.69 Å². The molecule has 1 saturated heterocycles. The van der Waals surface area contributed by atoms with Gasteiger partial charge in [0.05, 0.1) is 28.6 Å². The second-order valence-corrected chi connectivity index (χ2v) is 7.80. The van der Waals surface area contributed by atoms with Crippen LogP contribution in [0.25, 0.3) is 21.3 Å². The van der Waals surface area contributed by atoms with Gasteiger partial charge in [-0.25, -0.2) is 9.78 Å². The summed E-state index contributed by atoms with van der Waals surface area (Å²) in [6.45, 7) is 0. The van der Waals surface area contributed by atoms with Crippen molar-refractivity contribution in [2.75, 3.05) is 7.11 Å². The molecule has 2 aliphatic heterocycles. The first-order chi connectivity index (χ1) is 13.0. The van der Waals surface area contributed by atoms with E-state index in [4.69, 9.17) is 9.84 Å². The van der Waals surface area contributed by atoms with Gasteiger partial charge in [0.15, 0.2) is 4.96 Å². The zero-order chi connectivity index (χ0) is 18.7. The van der Waals surface area contributed by atoms with Crippen molar-refractivity contribution in [2.45, 2.75) is 5.37 Å². The third kappa shape index (κ3) is 2.41. The van der Waals surface area contributed by atoms with Crippen molar-refractivity contribution in [1.82, 2.24) is 14.3 Å². The topological polar surface area (TPSA) is 93.4 Å². The summed E-state index contributed by atoms with van der Waals surface area (Å²) >= 11 is 2.87. The number of hydrogen-bond donors (Lipinski definition) is 1. The van der Waals surface area contributed by atoms with Crippen LogP contribution < -0.4 is 4.74 Å². The van der Waals surface area contributed by atoms with E-state index in [1.165, 1.54) is 33.4 Å². The minimum Gasteiger partial charge on any atom is -0.497 e. The lowest BCUT2D eigenvalue weighted by atomic mass is 10.1. The SMILES string of the molecule is COc1ccc2c(c1)sc1nc(/C=C3/C(=O)N4C(OC(=O)O)=CS[C@H]34)cn12. The average molecular weight is 401 g/mol. The van der Waals surface area contributed by atoms with E-state index in [1.54, 1.807) is 13.2 Å². The molecule has 136 valence electrons. The van der Waals surface area contributed by atoms with E-state index in [0.717, 1.165) is 20.9 Å². The number of thiazole rings is 1. The van der Waals surface area contributed by atoms with Crippen molar-refractivity contribution in [3.63, 3.8) is 0 Å². The van der Waals surface area contributed by atoms with Gasteiger partial charge in [-0.2, -0.15) is 0 Å². The Balaban J connectivity index is 1.45. The summed E-state index contributed by atoms with van der Waals surface area (Å²) in [5.41, 5.74) is 2.26. The number of methoxy groups -OCH3 is 1. The summed E-state index contributed by atoms with van der Waals surface area (Å²) in [6, 6.07) is 5.83. The third-order valence-corrected chi connectivity index (χ3v) is 6.39. The van der Waals surface area contributed by atoms with Gasteiger partial charge >= 0.3 is 6.16 Å². The Labute approximate surface area is 160 Å². The number of nitrogens with zero attached hydrogens (tertiary/aromatic N) is 3. The van der Waals surface area contributed by atoms with Gasteiger partial charge in [-0.15, -0.1) is 0 Å². The second-order valence-electron chi connectivity index (χ2n) is 5.84. The van der Waals surface area contributed by atoms with E-state index in [9.17, 15) is 9.59 Å². The van der Waals surface area contributed by atoms with Gasteiger partial charge in [-0.05, 0) is 24.3 Å². The van der Waals surface area contributed by atoms with Crippen molar-refractivity contribution in [2.24, 2.45) is 0 Å². The number of aromatic nitrogens is 2. The van der Waals surface area contributed by atoms with E-state index in [2.05, 4.69) is 9.72 Å². The number of rotatable bonds is 3. The van der Waals surface area contributed by atoms with Crippen LogP contribution in [0.15, 0.2) is 41.3 Å². The van der Waals surface area contributed by atoms with Crippen LogP contribution in [0, 0.1) is 0 Å². The standard InChI is InChI=1S/C17H11N3O5S2/c1-24-9-2-3-11-12(5-9)27-16-18-8(6-19(11)16)4-10-14(21)20-13(25-17(22)23)7-26-15(10)20/h2-7,15H,1H3,(H,22,23)/b10-4-/t15-/m1/s1. The lowest BCUT2D eigenvalue weighted by Crippen LogP contribution is -2.50. The first-order valence-electron chi connectivity index (χ1n) is 7.82. The number of carboxylic acid groups (broad SMARTS) is 1. The maximum Gasteiger partial charge on any atom is 0.512 e. The molecule has 1 atom stereocenters. The van der Waals surface area contributed by atoms with E-state index in [-0.39, 0.29) is 17.2 Å². The van der Waals surface area contributed by atoms with Gasteiger partial charge in [0.1, 0.15) is 11.1 Å². The predicted octanol–water partition coefficient (Wildman–Crippen LogP) is 3.35. The Kier molecular flexibility index (Phi) is 3.46. The minimum atomic E-state index is -1.44. The van der Waals surface area contributed by atoms with Crippen molar-refractivity contribution in [1.29, 1.82) is 0 Å². The van der Waals surface area contributed by atoms with Crippen LogP contribution in [0.4, 0.5) is 4.79 Å². The number of thioether (sulfide) groups is 1. The number of carbonyl (C=O) groups is 2. The summed E-state index contributed by atoms with van der Waals surface area (Å²) in [5.74, 6) is 0.563. The predicted molar refractivity (Wildman–Crippen MR) is 101 cm³/mol. The maximum absolute atomic E-state index is 12.4. The van der Waals surface area contributed by atoms with Crippen LogP contribution in [-0.2, 0) is 9.53 Å². The number of benzene rings is 1. The Morgan fingerprint density at radius 3 is 3.04 bits per heavy atom. The lowest BCUT2D eigenvalue weighted by molar-refractivity contribution is -0.133. The molecule has 0 spiro atoms. The van der Waals surface area contributed by atoms with Crippen molar-refractivity contribution in [3.8, 4) is 5.75 Å². The summed E-state index contributed by atoms with van der Waals surface area (Å²) in [4.78, 5) is 29.8. The molecule has 4 heterocycles. The summed E-state index contributed by atoms with van der Waals surface area (Å²) in [6.07, 6.45) is 2.18. The number of amides is 1. The van der Waals surface area contributed by atoms with Gasteiger partial charge in [0.25, 0.3) is 5.91 Å². The summed E-state index contributed by atoms with van der Waals surface area (Å²) in [5, 5.41) is 9.98. The monoisotopic (exact) mass is 401 g/mol. The average Bonchev–Trinajstić information content (AvgIpc) is 3.29. The zero-order valence-electron chi connectivity index (χ0n) is 13.8. The van der Waals surface area contributed by atoms with Crippen LogP contribution in [0.3, 0.4) is 0 Å². The first kappa shape index (κ1) is 16.2.